The highest BCUT2D eigenvalue weighted by Gasteiger charge is 2.24. The summed E-state index contributed by atoms with van der Waals surface area (Å²) in [4.78, 5) is 33.8. The molecule has 138 valence electrons. The van der Waals surface area contributed by atoms with Gasteiger partial charge in [-0.15, -0.1) is 0 Å². The SMILES string of the molecule is N[C@@H](Cc1ccc(Oc2ccc(/C=C3/SC(=O)NC3=O)cc2)cc1)C(=O)O. The Labute approximate surface area is 159 Å². The molecule has 7 nitrogen and oxygen atoms in total. The Hall–Kier alpha value is -3.10. The second-order valence-corrected chi connectivity index (χ2v) is 6.83. The number of nitrogens with one attached hydrogen (secondary N) is 1. The molecule has 0 bridgehead atoms. The normalized spacial score (nSPS) is 16.3. The molecule has 1 atom stereocenters. The van der Waals surface area contributed by atoms with Gasteiger partial charge in [0.15, 0.2) is 0 Å². The molecule has 0 saturated carbocycles. The number of hydrogen-bond donors (Lipinski definition) is 3. The number of nitrogens with two attached hydrogens (primary N) is 1. The van der Waals surface area contributed by atoms with Crippen molar-refractivity contribution in [3.05, 3.63) is 64.6 Å². The molecule has 0 aliphatic carbocycles. The number of ether oxygens (including phenoxy) is 1. The molecule has 1 saturated heterocycles. The van der Waals surface area contributed by atoms with E-state index in [1.54, 1.807) is 54.6 Å². The summed E-state index contributed by atoms with van der Waals surface area (Å²) in [5.41, 5.74) is 7.10. The molecule has 8 heteroatoms. The van der Waals surface area contributed by atoms with Gasteiger partial charge in [-0.2, -0.15) is 0 Å². The van der Waals surface area contributed by atoms with Crippen LogP contribution < -0.4 is 15.8 Å². The van der Waals surface area contributed by atoms with Gasteiger partial charge in [0.05, 0.1) is 4.91 Å². The van der Waals surface area contributed by atoms with Crippen LogP contribution in [0.2, 0.25) is 0 Å². The molecular weight excluding hydrogens is 368 g/mol. The number of hydrogen-bond acceptors (Lipinski definition) is 6. The Morgan fingerprint density at radius 3 is 2.22 bits per heavy atom. The number of rotatable bonds is 6. The van der Waals surface area contributed by atoms with Crippen LogP contribution >= 0.6 is 11.8 Å². The lowest BCUT2D eigenvalue weighted by Crippen LogP contribution is -2.32. The second kappa shape index (κ2) is 8.07. The predicted molar refractivity (Wildman–Crippen MR) is 101 cm³/mol. The molecule has 0 unspecified atom stereocenters. The van der Waals surface area contributed by atoms with Crippen molar-refractivity contribution < 1.29 is 24.2 Å². The summed E-state index contributed by atoms with van der Waals surface area (Å²) >= 11 is 0.867. The van der Waals surface area contributed by atoms with Gasteiger partial charge in [0.2, 0.25) is 0 Å². The summed E-state index contributed by atoms with van der Waals surface area (Å²) in [6, 6.07) is 13.1. The quantitative estimate of drug-likeness (QED) is 0.655. The van der Waals surface area contributed by atoms with Crippen LogP contribution in [-0.2, 0) is 16.0 Å². The lowest BCUT2D eigenvalue weighted by atomic mass is 10.1. The number of imide groups is 1. The first kappa shape index (κ1) is 18.7. The van der Waals surface area contributed by atoms with Crippen molar-refractivity contribution in [1.82, 2.24) is 5.32 Å². The summed E-state index contributed by atoms with van der Waals surface area (Å²) in [7, 11) is 0. The van der Waals surface area contributed by atoms with Crippen LogP contribution in [0.4, 0.5) is 4.79 Å². The van der Waals surface area contributed by atoms with E-state index in [0.717, 1.165) is 22.9 Å². The average Bonchev–Trinajstić information content (AvgIpc) is 2.95. The first-order chi connectivity index (χ1) is 12.9. The third kappa shape index (κ3) is 4.96. The van der Waals surface area contributed by atoms with Crippen LogP contribution in [0.1, 0.15) is 11.1 Å². The number of carbonyl (C=O) groups excluding carboxylic acids is 2. The van der Waals surface area contributed by atoms with Crippen molar-refractivity contribution in [3.63, 3.8) is 0 Å². The third-order valence-corrected chi connectivity index (χ3v) is 4.56. The molecule has 1 fully saturated rings. The summed E-state index contributed by atoms with van der Waals surface area (Å²) < 4.78 is 5.74. The van der Waals surface area contributed by atoms with Crippen molar-refractivity contribution in [2.45, 2.75) is 12.5 Å². The van der Waals surface area contributed by atoms with Crippen LogP contribution in [0.5, 0.6) is 11.5 Å². The van der Waals surface area contributed by atoms with E-state index in [9.17, 15) is 14.4 Å². The minimum atomic E-state index is -1.04. The lowest BCUT2D eigenvalue weighted by Gasteiger charge is -2.09. The standard InChI is InChI=1S/C19H16N2O5S/c20-15(18(23)24)9-11-1-5-13(6-2-11)26-14-7-3-12(4-8-14)10-16-17(22)21-19(25)27-16/h1-8,10,15H,9,20H2,(H,23,24)(H,21,22,25)/b16-10+/t15-/m0/s1. The van der Waals surface area contributed by atoms with Crippen LogP contribution in [0.25, 0.3) is 6.08 Å². The first-order valence-corrected chi connectivity index (χ1v) is 8.82. The molecule has 2 aromatic rings. The number of aliphatic carboxylic acids is 1. The predicted octanol–water partition coefficient (Wildman–Crippen LogP) is 2.76. The smallest absolute Gasteiger partial charge is 0.320 e. The van der Waals surface area contributed by atoms with Gasteiger partial charge in [0.25, 0.3) is 11.1 Å². The van der Waals surface area contributed by atoms with Crippen molar-refractivity contribution in [1.29, 1.82) is 0 Å². The molecule has 0 aromatic heterocycles. The van der Waals surface area contributed by atoms with E-state index in [-0.39, 0.29) is 11.7 Å². The number of thioether (sulfide) groups is 1. The Kier molecular flexibility index (Phi) is 5.58. The number of carboxylic acids is 1. The summed E-state index contributed by atoms with van der Waals surface area (Å²) in [5.74, 6) is -0.229. The fourth-order valence-corrected chi connectivity index (χ4v) is 3.06. The van der Waals surface area contributed by atoms with Crippen molar-refractivity contribution in [2.24, 2.45) is 5.73 Å². The van der Waals surface area contributed by atoms with Gasteiger partial charge in [0.1, 0.15) is 17.5 Å². The maximum Gasteiger partial charge on any atom is 0.320 e. The van der Waals surface area contributed by atoms with Gasteiger partial charge >= 0.3 is 5.97 Å². The van der Waals surface area contributed by atoms with E-state index in [4.69, 9.17) is 15.6 Å². The van der Waals surface area contributed by atoms with E-state index in [1.165, 1.54) is 0 Å². The fraction of sp³-hybridized carbons (Fsp3) is 0.105. The topological polar surface area (TPSA) is 119 Å². The molecular formula is C19H16N2O5S. The summed E-state index contributed by atoms with van der Waals surface area (Å²) in [5, 5.41) is 10.7. The Morgan fingerprint density at radius 1 is 1.11 bits per heavy atom. The molecule has 0 radical (unpaired) electrons. The van der Waals surface area contributed by atoms with Gasteiger partial charge < -0.3 is 15.6 Å². The Morgan fingerprint density at radius 2 is 1.70 bits per heavy atom. The summed E-state index contributed by atoms with van der Waals surface area (Å²) in [6.07, 6.45) is 1.88. The Balaban J connectivity index is 1.63. The maximum absolute atomic E-state index is 11.5. The van der Waals surface area contributed by atoms with E-state index in [2.05, 4.69) is 5.32 Å². The van der Waals surface area contributed by atoms with Crippen molar-refractivity contribution in [2.75, 3.05) is 0 Å². The number of benzene rings is 2. The number of carbonyl (C=O) groups is 3. The van der Waals surface area contributed by atoms with E-state index in [1.807, 2.05) is 0 Å². The maximum atomic E-state index is 11.5. The molecule has 1 aliphatic heterocycles. The van der Waals surface area contributed by atoms with Gasteiger partial charge in [-0.25, -0.2) is 0 Å². The molecule has 0 spiro atoms. The lowest BCUT2D eigenvalue weighted by molar-refractivity contribution is -0.138. The molecule has 1 aliphatic rings. The molecule has 2 amide bonds. The molecule has 27 heavy (non-hydrogen) atoms. The first-order valence-electron chi connectivity index (χ1n) is 8.01. The monoisotopic (exact) mass is 384 g/mol. The van der Waals surface area contributed by atoms with E-state index < -0.39 is 17.9 Å². The molecule has 4 N–H and O–H groups in total. The van der Waals surface area contributed by atoms with Crippen molar-refractivity contribution >= 4 is 35.0 Å². The highest BCUT2D eigenvalue weighted by Crippen LogP contribution is 2.27. The minimum absolute atomic E-state index is 0.243. The van der Waals surface area contributed by atoms with Crippen LogP contribution in [0.3, 0.4) is 0 Å². The molecule has 3 rings (SSSR count). The fourth-order valence-electron chi connectivity index (χ4n) is 2.38. The van der Waals surface area contributed by atoms with Crippen LogP contribution in [0, 0.1) is 0 Å². The van der Waals surface area contributed by atoms with Gasteiger partial charge in [0, 0.05) is 0 Å². The highest BCUT2D eigenvalue weighted by molar-refractivity contribution is 8.18. The van der Waals surface area contributed by atoms with Gasteiger partial charge in [-0.05, 0) is 59.7 Å². The van der Waals surface area contributed by atoms with Gasteiger partial charge in [-0.1, -0.05) is 24.3 Å². The minimum Gasteiger partial charge on any atom is -0.480 e. The zero-order valence-corrected chi connectivity index (χ0v) is 14.9. The van der Waals surface area contributed by atoms with Gasteiger partial charge in [-0.3, -0.25) is 19.7 Å². The van der Waals surface area contributed by atoms with Crippen molar-refractivity contribution in [3.8, 4) is 11.5 Å². The van der Waals surface area contributed by atoms with Crippen LogP contribution in [0.15, 0.2) is 53.4 Å². The highest BCUT2D eigenvalue weighted by atomic mass is 32.2. The summed E-state index contributed by atoms with van der Waals surface area (Å²) in [6.45, 7) is 0. The number of carboxylic acid groups (broad SMARTS) is 1. The average molecular weight is 384 g/mol. The van der Waals surface area contributed by atoms with E-state index in [0.29, 0.717) is 16.4 Å². The second-order valence-electron chi connectivity index (χ2n) is 5.82. The largest absolute Gasteiger partial charge is 0.480 e. The zero-order valence-electron chi connectivity index (χ0n) is 14.0. The number of amides is 2. The zero-order chi connectivity index (χ0) is 19.4. The van der Waals surface area contributed by atoms with E-state index >= 15 is 0 Å². The third-order valence-electron chi connectivity index (χ3n) is 3.75. The van der Waals surface area contributed by atoms with Crippen LogP contribution in [-0.4, -0.2) is 28.3 Å². The molecule has 2 aromatic carbocycles. The Bertz CT molecular complexity index is 907. The molecule has 1 heterocycles.